The number of rotatable bonds is 6. The normalized spacial score (nSPS) is 16.3. The lowest BCUT2D eigenvalue weighted by molar-refractivity contribution is 0.318. The van der Waals surface area contributed by atoms with Gasteiger partial charge >= 0.3 is 0 Å². The highest BCUT2D eigenvalue weighted by atomic mass is 79.9. The summed E-state index contributed by atoms with van der Waals surface area (Å²) in [6.07, 6.45) is 4.16. The van der Waals surface area contributed by atoms with Crippen LogP contribution in [0.25, 0.3) is 0 Å². The Bertz CT molecular complexity index is 1350. The lowest BCUT2D eigenvalue weighted by atomic mass is 10.1. The third-order valence-electron chi connectivity index (χ3n) is 6.12. The number of aromatic nitrogens is 2. The van der Waals surface area contributed by atoms with Crippen LogP contribution in [0.3, 0.4) is 0 Å². The van der Waals surface area contributed by atoms with Crippen molar-refractivity contribution in [2.45, 2.75) is 30.4 Å². The molecule has 1 aliphatic rings. The van der Waals surface area contributed by atoms with Gasteiger partial charge < -0.3 is 9.88 Å². The van der Waals surface area contributed by atoms with Gasteiger partial charge in [-0.1, -0.05) is 64.5 Å². The van der Waals surface area contributed by atoms with Crippen LogP contribution in [0.5, 0.6) is 0 Å². The number of sulfonamides is 1. The van der Waals surface area contributed by atoms with Gasteiger partial charge in [0.25, 0.3) is 0 Å². The number of H-pyrrole nitrogens is 1. The molecule has 5 rings (SSSR count). The van der Waals surface area contributed by atoms with Crippen molar-refractivity contribution in [1.82, 2.24) is 14.3 Å². The minimum atomic E-state index is -3.73. The van der Waals surface area contributed by atoms with E-state index in [0.717, 1.165) is 27.0 Å². The summed E-state index contributed by atoms with van der Waals surface area (Å²) >= 11 is 3.58. The van der Waals surface area contributed by atoms with Crippen molar-refractivity contribution in [1.29, 1.82) is 0 Å². The number of halogens is 2. The average Bonchev–Trinajstić information content (AvgIpc) is 3.31. The summed E-state index contributed by atoms with van der Waals surface area (Å²) in [6.45, 7) is 1.42. The van der Waals surface area contributed by atoms with Gasteiger partial charge in [-0.05, 0) is 47.9 Å². The zero-order valence-electron chi connectivity index (χ0n) is 18.9. The highest BCUT2D eigenvalue weighted by molar-refractivity contribution is 9.10. The minimum absolute atomic E-state index is 0. The van der Waals surface area contributed by atoms with E-state index in [1.54, 1.807) is 34.9 Å². The molecule has 0 amide bonds. The van der Waals surface area contributed by atoms with Gasteiger partial charge in [0.05, 0.1) is 23.5 Å². The fourth-order valence-corrected chi connectivity index (χ4v) is 6.54. The van der Waals surface area contributed by atoms with Gasteiger partial charge in [-0.3, -0.25) is 0 Å². The lowest BCUT2D eigenvalue weighted by Crippen LogP contribution is -2.45. The molecular weight excluding hydrogens is 548 g/mol. The molecule has 0 radical (unpaired) electrons. The molecule has 0 saturated carbocycles. The maximum atomic E-state index is 13.9. The average molecular weight is 574 g/mol. The number of nitrogens with zero attached hydrogens (tertiary/aromatic N) is 3. The molecule has 6 nitrogen and oxygen atoms in total. The van der Waals surface area contributed by atoms with Gasteiger partial charge in [0.15, 0.2) is 0 Å². The van der Waals surface area contributed by atoms with Crippen molar-refractivity contribution in [3.8, 4) is 0 Å². The van der Waals surface area contributed by atoms with Crippen molar-refractivity contribution in [2.24, 2.45) is 0 Å². The Morgan fingerprint density at radius 3 is 2.40 bits per heavy atom. The molecule has 1 aliphatic heterocycles. The summed E-state index contributed by atoms with van der Waals surface area (Å²) < 4.78 is 30.5. The number of hydrogen-bond donors (Lipinski definition) is 1. The summed E-state index contributed by atoms with van der Waals surface area (Å²) in [4.78, 5) is 9.99. The van der Waals surface area contributed by atoms with Crippen molar-refractivity contribution in [3.05, 3.63) is 113 Å². The molecule has 0 fully saturated rings. The van der Waals surface area contributed by atoms with Crippen molar-refractivity contribution >= 4 is 44.0 Å². The van der Waals surface area contributed by atoms with Crippen LogP contribution >= 0.6 is 28.3 Å². The van der Waals surface area contributed by atoms with Gasteiger partial charge in [-0.25, -0.2) is 13.4 Å². The van der Waals surface area contributed by atoms with E-state index in [2.05, 4.69) is 49.0 Å². The molecule has 2 heterocycles. The smallest absolute Gasteiger partial charge is 0.243 e. The lowest BCUT2D eigenvalue weighted by Gasteiger charge is -2.32. The van der Waals surface area contributed by atoms with E-state index in [1.807, 2.05) is 42.6 Å². The van der Waals surface area contributed by atoms with Gasteiger partial charge in [0.2, 0.25) is 10.0 Å². The zero-order chi connectivity index (χ0) is 23.5. The van der Waals surface area contributed by atoms with Crippen molar-refractivity contribution in [2.75, 3.05) is 11.4 Å². The molecule has 4 aromatic rings. The summed E-state index contributed by atoms with van der Waals surface area (Å²) in [5, 5.41) is 0. The van der Waals surface area contributed by atoms with E-state index in [4.69, 9.17) is 0 Å². The number of fused-ring (bicyclic) bond motifs is 1. The van der Waals surface area contributed by atoms with Crippen molar-refractivity contribution in [3.63, 3.8) is 0 Å². The molecule has 1 aromatic heterocycles. The van der Waals surface area contributed by atoms with Crippen molar-refractivity contribution < 1.29 is 8.42 Å². The number of anilines is 1. The molecule has 3 aromatic carbocycles. The van der Waals surface area contributed by atoms with Crippen LogP contribution in [-0.4, -0.2) is 35.3 Å². The SMILES string of the molecule is Cl.O=S(=O)(c1ccccc1)N1Cc2cc(Br)ccc2N(Cc2c[nH]cn2)C[C@H]1Cc1ccccc1. The molecule has 0 bridgehead atoms. The first-order valence-corrected chi connectivity index (χ1v) is 13.4. The second-order valence-corrected chi connectivity index (χ2v) is 11.2. The molecule has 0 aliphatic carbocycles. The van der Waals surface area contributed by atoms with Gasteiger partial charge in [-0.2, -0.15) is 4.31 Å². The second kappa shape index (κ2) is 11.0. The quantitative estimate of drug-likeness (QED) is 0.335. The van der Waals surface area contributed by atoms with Gasteiger partial charge in [-0.15, -0.1) is 12.4 Å². The summed E-state index contributed by atoms with van der Waals surface area (Å²) in [5.74, 6) is 0. The third kappa shape index (κ3) is 5.62. The molecule has 0 saturated heterocycles. The monoisotopic (exact) mass is 572 g/mol. The zero-order valence-corrected chi connectivity index (χ0v) is 22.1. The van der Waals surface area contributed by atoms with E-state index >= 15 is 0 Å². The van der Waals surface area contributed by atoms with Crippen LogP contribution < -0.4 is 4.90 Å². The molecule has 9 heteroatoms. The largest absolute Gasteiger partial charge is 0.364 e. The first-order chi connectivity index (χ1) is 16.5. The number of hydrogen-bond acceptors (Lipinski definition) is 4. The van der Waals surface area contributed by atoms with Crippen LogP contribution in [-0.2, 0) is 29.5 Å². The van der Waals surface area contributed by atoms with E-state index in [0.29, 0.717) is 31.0 Å². The number of benzene rings is 3. The third-order valence-corrected chi connectivity index (χ3v) is 8.52. The number of imidazole rings is 1. The van der Waals surface area contributed by atoms with E-state index in [1.165, 1.54) is 0 Å². The topological polar surface area (TPSA) is 69.3 Å². The fourth-order valence-electron chi connectivity index (χ4n) is 4.51. The van der Waals surface area contributed by atoms with Crippen LogP contribution in [0.1, 0.15) is 16.8 Å². The highest BCUT2D eigenvalue weighted by Crippen LogP contribution is 2.34. The fraction of sp³-hybridized carbons (Fsp3) is 0.192. The standard InChI is InChI=1S/C26H25BrN4O2S.ClH/c27-22-11-12-26-21(14-22)16-31(34(32,33)25-9-5-2-6-10-25)24(13-20-7-3-1-4-8-20)18-30(26)17-23-15-28-19-29-23;/h1-12,14-15,19,24H,13,16-18H2,(H,28,29);1H/t24-;/m1./s1. The van der Waals surface area contributed by atoms with E-state index in [-0.39, 0.29) is 18.4 Å². The number of aromatic amines is 1. The van der Waals surface area contributed by atoms with E-state index in [9.17, 15) is 8.42 Å². The maximum absolute atomic E-state index is 13.9. The van der Waals surface area contributed by atoms with Crippen LogP contribution in [0, 0.1) is 0 Å². The molecule has 182 valence electrons. The Hall–Kier alpha value is -2.65. The molecule has 1 atom stereocenters. The van der Waals surface area contributed by atoms with Crippen LogP contribution in [0.4, 0.5) is 5.69 Å². The van der Waals surface area contributed by atoms with E-state index < -0.39 is 10.0 Å². The van der Waals surface area contributed by atoms with Gasteiger partial charge in [0, 0.05) is 35.5 Å². The Kier molecular flexibility index (Phi) is 7.96. The predicted octanol–water partition coefficient (Wildman–Crippen LogP) is 5.42. The molecule has 0 spiro atoms. The Morgan fingerprint density at radius 1 is 1.00 bits per heavy atom. The first-order valence-electron chi connectivity index (χ1n) is 11.1. The predicted molar refractivity (Wildman–Crippen MR) is 144 cm³/mol. The Labute approximate surface area is 220 Å². The summed E-state index contributed by atoms with van der Waals surface area (Å²) in [7, 11) is -3.73. The van der Waals surface area contributed by atoms with Crippen LogP contribution in [0.2, 0.25) is 0 Å². The Morgan fingerprint density at radius 2 is 1.71 bits per heavy atom. The molecule has 1 N–H and O–H groups in total. The summed E-state index contributed by atoms with van der Waals surface area (Å²) in [5.41, 5.74) is 3.99. The molecular formula is C26H26BrClN4O2S. The first kappa shape index (κ1) is 25.4. The maximum Gasteiger partial charge on any atom is 0.243 e. The highest BCUT2D eigenvalue weighted by Gasteiger charge is 2.36. The molecule has 0 unspecified atom stereocenters. The van der Waals surface area contributed by atoms with Gasteiger partial charge in [0.1, 0.15) is 0 Å². The minimum Gasteiger partial charge on any atom is -0.364 e. The summed E-state index contributed by atoms with van der Waals surface area (Å²) in [6, 6.07) is 24.6. The number of nitrogens with one attached hydrogen (secondary N) is 1. The second-order valence-electron chi connectivity index (χ2n) is 8.42. The molecule has 35 heavy (non-hydrogen) atoms. The van der Waals surface area contributed by atoms with Crippen LogP contribution in [0.15, 0.2) is 101 Å². The Balaban J connectivity index is 0.00000289.